The number of hydrogen-bond acceptors (Lipinski definition) is 5. The molecule has 0 saturated heterocycles. The van der Waals surface area contributed by atoms with Crippen LogP contribution in [0.3, 0.4) is 0 Å². The first-order chi connectivity index (χ1) is 9.18. The number of nitrogens with zero attached hydrogens (tertiary/aromatic N) is 4. The minimum atomic E-state index is -0.619. The van der Waals surface area contributed by atoms with Crippen LogP contribution in [-0.2, 0) is 0 Å². The Morgan fingerprint density at radius 2 is 2.16 bits per heavy atom. The zero-order chi connectivity index (χ0) is 13.3. The van der Waals surface area contributed by atoms with Crippen LogP contribution >= 0.6 is 0 Å². The Bertz CT molecular complexity index is 660. The van der Waals surface area contributed by atoms with Crippen molar-refractivity contribution in [2.24, 2.45) is 0 Å². The van der Waals surface area contributed by atoms with Crippen molar-refractivity contribution < 1.29 is 5.11 Å². The molecule has 0 aliphatic heterocycles. The fraction of sp³-hybridized carbons (Fsp3) is 0.462. The molecule has 0 radical (unpaired) electrons. The maximum Gasteiger partial charge on any atom is 0.254 e. The van der Waals surface area contributed by atoms with Crippen molar-refractivity contribution in [3.63, 3.8) is 0 Å². The number of anilines is 1. The van der Waals surface area contributed by atoms with Crippen LogP contribution in [0, 0.1) is 11.8 Å². The average Bonchev–Trinajstić information content (AvgIpc) is 3.02. The van der Waals surface area contributed by atoms with Gasteiger partial charge in [-0.3, -0.25) is 0 Å². The highest BCUT2D eigenvalue weighted by molar-refractivity contribution is 5.53. The zero-order valence-corrected chi connectivity index (χ0v) is 10.5. The predicted molar refractivity (Wildman–Crippen MR) is 70.1 cm³/mol. The summed E-state index contributed by atoms with van der Waals surface area (Å²) in [5.74, 6) is 6.84. The molecule has 1 aliphatic carbocycles. The first-order valence-corrected chi connectivity index (χ1v) is 6.33. The minimum absolute atomic E-state index is 0.424. The van der Waals surface area contributed by atoms with Crippen LogP contribution in [0.15, 0.2) is 12.5 Å². The molecule has 1 saturated carbocycles. The normalized spacial score (nSPS) is 17.3. The Kier molecular flexibility index (Phi) is 2.84. The van der Waals surface area contributed by atoms with Crippen LogP contribution in [0.2, 0.25) is 0 Å². The third-order valence-electron chi connectivity index (χ3n) is 3.52. The average molecular weight is 257 g/mol. The van der Waals surface area contributed by atoms with Crippen LogP contribution in [0.25, 0.3) is 5.78 Å². The Hall–Kier alpha value is -2.13. The molecule has 0 spiro atoms. The van der Waals surface area contributed by atoms with E-state index in [1.165, 1.54) is 10.8 Å². The Labute approximate surface area is 110 Å². The summed E-state index contributed by atoms with van der Waals surface area (Å²) in [5, 5.41) is 14.2. The van der Waals surface area contributed by atoms with Gasteiger partial charge in [0.15, 0.2) is 0 Å². The first kappa shape index (κ1) is 11.9. The van der Waals surface area contributed by atoms with Gasteiger partial charge >= 0.3 is 0 Å². The van der Waals surface area contributed by atoms with E-state index in [0.717, 1.165) is 25.7 Å². The molecule has 1 fully saturated rings. The van der Waals surface area contributed by atoms with E-state index in [0.29, 0.717) is 23.6 Å². The van der Waals surface area contributed by atoms with Crippen molar-refractivity contribution in [3.05, 3.63) is 18.1 Å². The number of nitrogen functional groups attached to an aromatic ring is 1. The number of rotatable bonds is 1. The standard InChI is InChI=1S/C13H15N5O/c14-11-10(8-15-12-16-9-17-18(11)12)4-3-7-13(19)5-1-2-6-13/h8-9,19H,1-2,5-7,14H2. The molecule has 6 nitrogen and oxygen atoms in total. The molecule has 0 unspecified atom stereocenters. The van der Waals surface area contributed by atoms with E-state index in [-0.39, 0.29) is 0 Å². The van der Waals surface area contributed by atoms with Gasteiger partial charge < -0.3 is 10.8 Å². The van der Waals surface area contributed by atoms with Gasteiger partial charge in [0.25, 0.3) is 5.78 Å². The van der Waals surface area contributed by atoms with Crippen molar-refractivity contribution >= 4 is 11.6 Å². The van der Waals surface area contributed by atoms with Crippen LogP contribution in [-0.4, -0.2) is 30.3 Å². The number of aliphatic hydroxyl groups is 1. The van der Waals surface area contributed by atoms with Crippen molar-refractivity contribution in [1.82, 2.24) is 19.6 Å². The lowest BCUT2D eigenvalue weighted by molar-refractivity contribution is 0.0532. The summed E-state index contributed by atoms with van der Waals surface area (Å²) >= 11 is 0. The quantitative estimate of drug-likeness (QED) is 0.736. The van der Waals surface area contributed by atoms with Crippen LogP contribution in [0.4, 0.5) is 5.82 Å². The Balaban J connectivity index is 1.83. The molecule has 0 aromatic carbocycles. The lowest BCUT2D eigenvalue weighted by Crippen LogP contribution is -2.22. The molecule has 3 N–H and O–H groups in total. The zero-order valence-electron chi connectivity index (χ0n) is 10.5. The molecule has 0 bridgehead atoms. The molecule has 98 valence electrons. The molecule has 1 aliphatic rings. The summed E-state index contributed by atoms with van der Waals surface area (Å²) in [6.45, 7) is 0. The second-order valence-corrected chi connectivity index (χ2v) is 4.94. The summed E-state index contributed by atoms with van der Waals surface area (Å²) in [5.41, 5.74) is 5.94. The van der Waals surface area contributed by atoms with Gasteiger partial charge in [0.05, 0.1) is 17.4 Å². The third-order valence-corrected chi connectivity index (χ3v) is 3.52. The van der Waals surface area contributed by atoms with Gasteiger partial charge in [-0.25, -0.2) is 4.98 Å². The lowest BCUT2D eigenvalue weighted by atomic mass is 9.98. The lowest BCUT2D eigenvalue weighted by Gasteiger charge is -2.17. The second kappa shape index (κ2) is 4.52. The fourth-order valence-corrected chi connectivity index (χ4v) is 2.41. The van der Waals surface area contributed by atoms with Gasteiger partial charge in [0.2, 0.25) is 0 Å². The molecule has 2 aromatic heterocycles. The molecule has 3 rings (SSSR count). The SMILES string of the molecule is Nc1c(C#CCC2(O)CCCC2)cnc2ncnn12. The van der Waals surface area contributed by atoms with Gasteiger partial charge in [-0.1, -0.05) is 24.7 Å². The van der Waals surface area contributed by atoms with Gasteiger partial charge in [0.1, 0.15) is 12.1 Å². The summed E-state index contributed by atoms with van der Waals surface area (Å²) in [6.07, 6.45) is 7.28. The molecule has 0 amide bonds. The summed E-state index contributed by atoms with van der Waals surface area (Å²) in [7, 11) is 0. The summed E-state index contributed by atoms with van der Waals surface area (Å²) < 4.78 is 1.45. The maximum absolute atomic E-state index is 10.2. The van der Waals surface area contributed by atoms with E-state index >= 15 is 0 Å². The largest absolute Gasteiger partial charge is 0.389 e. The maximum atomic E-state index is 10.2. The number of aromatic nitrogens is 4. The van der Waals surface area contributed by atoms with Crippen LogP contribution in [0.5, 0.6) is 0 Å². The number of hydrogen-bond donors (Lipinski definition) is 2. The van der Waals surface area contributed by atoms with E-state index in [1.54, 1.807) is 6.20 Å². The molecule has 6 heteroatoms. The van der Waals surface area contributed by atoms with E-state index in [1.807, 2.05) is 0 Å². The molecular formula is C13H15N5O. The van der Waals surface area contributed by atoms with Gasteiger partial charge in [-0.15, -0.1) is 0 Å². The first-order valence-electron chi connectivity index (χ1n) is 6.33. The summed E-state index contributed by atoms with van der Waals surface area (Å²) in [4.78, 5) is 8.06. The van der Waals surface area contributed by atoms with E-state index in [4.69, 9.17) is 5.73 Å². The highest BCUT2D eigenvalue weighted by Crippen LogP contribution is 2.31. The smallest absolute Gasteiger partial charge is 0.254 e. The van der Waals surface area contributed by atoms with E-state index in [2.05, 4.69) is 26.9 Å². The Morgan fingerprint density at radius 3 is 2.95 bits per heavy atom. The highest BCUT2D eigenvalue weighted by atomic mass is 16.3. The second-order valence-electron chi connectivity index (χ2n) is 4.94. The van der Waals surface area contributed by atoms with Crippen LogP contribution in [0.1, 0.15) is 37.7 Å². The van der Waals surface area contributed by atoms with Crippen molar-refractivity contribution in [2.75, 3.05) is 5.73 Å². The third kappa shape index (κ3) is 2.25. The van der Waals surface area contributed by atoms with E-state index in [9.17, 15) is 5.11 Å². The molecule has 0 atom stereocenters. The van der Waals surface area contributed by atoms with Crippen molar-refractivity contribution in [1.29, 1.82) is 0 Å². The molecular weight excluding hydrogens is 242 g/mol. The van der Waals surface area contributed by atoms with Gasteiger partial charge in [-0.05, 0) is 12.8 Å². The minimum Gasteiger partial charge on any atom is -0.389 e. The van der Waals surface area contributed by atoms with E-state index < -0.39 is 5.60 Å². The monoisotopic (exact) mass is 257 g/mol. The summed E-state index contributed by atoms with van der Waals surface area (Å²) in [6, 6.07) is 0. The molecule has 2 aromatic rings. The van der Waals surface area contributed by atoms with Crippen LogP contribution < -0.4 is 5.73 Å². The molecule has 19 heavy (non-hydrogen) atoms. The molecule has 2 heterocycles. The number of fused-ring (bicyclic) bond motifs is 1. The predicted octanol–water partition coefficient (Wildman–Crippen LogP) is 0.753. The van der Waals surface area contributed by atoms with Gasteiger partial charge in [0, 0.05) is 6.42 Å². The van der Waals surface area contributed by atoms with Crippen molar-refractivity contribution in [3.8, 4) is 11.8 Å². The van der Waals surface area contributed by atoms with Crippen molar-refractivity contribution in [2.45, 2.75) is 37.7 Å². The highest BCUT2D eigenvalue weighted by Gasteiger charge is 2.29. The number of nitrogens with two attached hydrogens (primary N) is 1. The topological polar surface area (TPSA) is 89.3 Å². The Morgan fingerprint density at radius 1 is 1.37 bits per heavy atom. The fourth-order valence-electron chi connectivity index (χ4n) is 2.41. The van der Waals surface area contributed by atoms with Gasteiger partial charge in [-0.2, -0.15) is 14.6 Å².